The molecule has 0 unspecified atom stereocenters. The molecule has 2 aromatic carbocycles. The van der Waals surface area contributed by atoms with Crippen molar-refractivity contribution in [2.75, 3.05) is 10.6 Å². The van der Waals surface area contributed by atoms with Crippen LogP contribution in [0, 0.1) is 5.82 Å². The minimum atomic E-state index is -0.251. The van der Waals surface area contributed by atoms with Crippen LogP contribution in [0.2, 0.25) is 0 Å². The summed E-state index contributed by atoms with van der Waals surface area (Å²) in [5.74, 6) is 0.735. The van der Waals surface area contributed by atoms with Crippen LogP contribution in [-0.2, 0) is 6.54 Å². The van der Waals surface area contributed by atoms with Gasteiger partial charge in [-0.1, -0.05) is 28.1 Å². The zero-order chi connectivity index (χ0) is 16.1. The zero-order valence-corrected chi connectivity index (χ0v) is 13.6. The number of nitrogens with one attached hydrogen (secondary N) is 2. The van der Waals surface area contributed by atoms with E-state index in [2.05, 4.69) is 41.7 Å². The van der Waals surface area contributed by atoms with Crippen molar-refractivity contribution in [3.8, 4) is 0 Å². The molecule has 1 aromatic heterocycles. The van der Waals surface area contributed by atoms with Gasteiger partial charge in [0.25, 0.3) is 0 Å². The Bertz CT molecular complexity index is 777. The molecule has 1 heterocycles. The highest BCUT2D eigenvalue weighted by Gasteiger charge is 2.02. The lowest BCUT2D eigenvalue weighted by molar-refractivity contribution is 0.627. The van der Waals surface area contributed by atoms with Crippen LogP contribution >= 0.6 is 15.9 Å². The number of anilines is 3. The molecule has 0 aliphatic heterocycles. The number of hydrogen-bond donors (Lipinski definition) is 2. The highest BCUT2D eigenvalue weighted by Crippen LogP contribution is 2.17. The maximum absolute atomic E-state index is 12.9. The van der Waals surface area contributed by atoms with Crippen LogP contribution in [-0.4, -0.2) is 15.2 Å². The molecule has 0 aliphatic carbocycles. The second-order valence-electron chi connectivity index (χ2n) is 4.78. The number of aromatic nitrogens is 3. The van der Waals surface area contributed by atoms with E-state index in [4.69, 9.17) is 0 Å². The number of rotatable bonds is 5. The molecule has 0 fully saturated rings. The fourth-order valence-corrected chi connectivity index (χ4v) is 2.16. The molecule has 7 heteroatoms. The summed E-state index contributed by atoms with van der Waals surface area (Å²) >= 11 is 3.38. The van der Waals surface area contributed by atoms with Crippen molar-refractivity contribution >= 4 is 33.4 Å². The normalized spacial score (nSPS) is 10.3. The molecule has 5 nitrogen and oxygen atoms in total. The lowest BCUT2D eigenvalue weighted by Crippen LogP contribution is -2.05. The van der Waals surface area contributed by atoms with E-state index in [1.54, 1.807) is 12.1 Å². The molecule has 0 amide bonds. The van der Waals surface area contributed by atoms with Gasteiger partial charge >= 0.3 is 0 Å². The second-order valence-corrected chi connectivity index (χ2v) is 5.69. The molecule has 3 rings (SSSR count). The van der Waals surface area contributed by atoms with E-state index in [0.717, 1.165) is 15.7 Å². The van der Waals surface area contributed by atoms with Gasteiger partial charge in [0.1, 0.15) is 5.82 Å². The topological polar surface area (TPSA) is 62.7 Å². The van der Waals surface area contributed by atoms with Gasteiger partial charge in [-0.3, -0.25) is 0 Å². The van der Waals surface area contributed by atoms with Gasteiger partial charge in [0, 0.05) is 16.7 Å². The molecule has 0 spiro atoms. The van der Waals surface area contributed by atoms with Crippen molar-refractivity contribution in [3.05, 3.63) is 70.6 Å². The lowest BCUT2D eigenvalue weighted by Gasteiger charge is -2.08. The summed E-state index contributed by atoms with van der Waals surface area (Å²) in [6.45, 7) is 0.525. The Kier molecular flexibility index (Phi) is 4.77. The number of nitrogens with zero attached hydrogens (tertiary/aromatic N) is 3. The van der Waals surface area contributed by atoms with Crippen LogP contribution in [0.3, 0.4) is 0 Å². The zero-order valence-electron chi connectivity index (χ0n) is 12.0. The van der Waals surface area contributed by atoms with Crippen LogP contribution < -0.4 is 10.6 Å². The molecule has 0 bridgehead atoms. The standard InChI is InChI=1S/C16H13BrFN5/c17-12-3-7-14(8-4-12)21-16-22-15(10-20-23-16)19-9-11-1-5-13(18)6-2-11/h1-8,10H,9H2,(H2,19,21,22,23). The summed E-state index contributed by atoms with van der Waals surface area (Å²) < 4.78 is 13.9. The number of benzene rings is 2. The predicted octanol–water partition coefficient (Wildman–Crippen LogP) is 4.13. The van der Waals surface area contributed by atoms with Crippen LogP contribution in [0.15, 0.2) is 59.2 Å². The first kappa shape index (κ1) is 15.4. The Morgan fingerprint density at radius 1 is 1.00 bits per heavy atom. The second kappa shape index (κ2) is 7.15. The van der Waals surface area contributed by atoms with Gasteiger partial charge in [-0.2, -0.15) is 10.1 Å². The average Bonchev–Trinajstić information content (AvgIpc) is 2.57. The Morgan fingerprint density at radius 3 is 2.48 bits per heavy atom. The van der Waals surface area contributed by atoms with Gasteiger partial charge in [-0.05, 0) is 42.0 Å². The SMILES string of the molecule is Fc1ccc(CNc2cnnc(Nc3ccc(Br)cc3)n2)cc1. The van der Waals surface area contributed by atoms with Crippen molar-refractivity contribution in [2.24, 2.45) is 0 Å². The maximum atomic E-state index is 12.9. The van der Waals surface area contributed by atoms with E-state index < -0.39 is 0 Å². The fraction of sp³-hybridized carbons (Fsp3) is 0.0625. The summed E-state index contributed by atoms with van der Waals surface area (Å²) in [6.07, 6.45) is 1.54. The lowest BCUT2D eigenvalue weighted by atomic mass is 10.2. The Hall–Kier alpha value is -2.54. The van der Waals surface area contributed by atoms with Gasteiger partial charge in [0.15, 0.2) is 5.82 Å². The van der Waals surface area contributed by atoms with E-state index in [-0.39, 0.29) is 5.82 Å². The van der Waals surface area contributed by atoms with Crippen LogP contribution in [0.1, 0.15) is 5.56 Å². The van der Waals surface area contributed by atoms with Gasteiger partial charge < -0.3 is 10.6 Å². The third-order valence-electron chi connectivity index (χ3n) is 3.05. The van der Waals surface area contributed by atoms with Crippen molar-refractivity contribution < 1.29 is 4.39 Å². The Balaban J connectivity index is 1.65. The van der Waals surface area contributed by atoms with E-state index >= 15 is 0 Å². The maximum Gasteiger partial charge on any atom is 0.249 e. The molecule has 0 atom stereocenters. The van der Waals surface area contributed by atoms with Gasteiger partial charge in [0.05, 0.1) is 6.20 Å². The van der Waals surface area contributed by atoms with Crippen molar-refractivity contribution in [1.29, 1.82) is 0 Å². The highest BCUT2D eigenvalue weighted by atomic mass is 79.9. The summed E-state index contributed by atoms with van der Waals surface area (Å²) in [7, 11) is 0. The molecule has 0 saturated heterocycles. The summed E-state index contributed by atoms with van der Waals surface area (Å²) in [4.78, 5) is 4.34. The molecule has 3 aromatic rings. The van der Waals surface area contributed by atoms with Gasteiger partial charge in [0.2, 0.25) is 5.95 Å². The highest BCUT2D eigenvalue weighted by molar-refractivity contribution is 9.10. The van der Waals surface area contributed by atoms with Crippen molar-refractivity contribution in [1.82, 2.24) is 15.2 Å². The van der Waals surface area contributed by atoms with E-state index in [1.807, 2.05) is 24.3 Å². The molecule has 23 heavy (non-hydrogen) atoms. The molecular formula is C16H13BrFN5. The summed E-state index contributed by atoms with van der Waals surface area (Å²) in [6, 6.07) is 14.0. The fourth-order valence-electron chi connectivity index (χ4n) is 1.90. The predicted molar refractivity (Wildman–Crippen MR) is 91.0 cm³/mol. The molecule has 0 radical (unpaired) electrons. The smallest absolute Gasteiger partial charge is 0.249 e. The summed E-state index contributed by atoms with van der Waals surface area (Å²) in [5.41, 5.74) is 1.82. The van der Waals surface area contributed by atoms with Crippen molar-refractivity contribution in [3.63, 3.8) is 0 Å². The Morgan fingerprint density at radius 2 is 1.74 bits per heavy atom. The minimum Gasteiger partial charge on any atom is -0.365 e. The molecule has 0 aliphatic rings. The quantitative estimate of drug-likeness (QED) is 0.703. The molecule has 116 valence electrons. The van der Waals surface area contributed by atoms with Crippen LogP contribution in [0.25, 0.3) is 0 Å². The summed E-state index contributed by atoms with van der Waals surface area (Å²) in [5, 5.41) is 14.1. The molecule has 2 N–H and O–H groups in total. The monoisotopic (exact) mass is 373 g/mol. The largest absolute Gasteiger partial charge is 0.365 e. The Labute approximate surface area is 141 Å². The number of halogens is 2. The third-order valence-corrected chi connectivity index (χ3v) is 3.57. The van der Waals surface area contributed by atoms with Crippen LogP contribution in [0.4, 0.5) is 21.8 Å². The average molecular weight is 374 g/mol. The first-order valence-corrected chi connectivity index (χ1v) is 7.69. The first-order valence-electron chi connectivity index (χ1n) is 6.90. The van der Waals surface area contributed by atoms with E-state index in [9.17, 15) is 4.39 Å². The van der Waals surface area contributed by atoms with Crippen LogP contribution in [0.5, 0.6) is 0 Å². The number of hydrogen-bond acceptors (Lipinski definition) is 5. The van der Waals surface area contributed by atoms with Crippen molar-refractivity contribution in [2.45, 2.75) is 6.54 Å². The molecule has 0 saturated carbocycles. The minimum absolute atomic E-state index is 0.251. The van der Waals surface area contributed by atoms with E-state index in [0.29, 0.717) is 18.3 Å². The first-order chi connectivity index (χ1) is 11.2. The van der Waals surface area contributed by atoms with Gasteiger partial charge in [-0.25, -0.2) is 4.39 Å². The van der Waals surface area contributed by atoms with E-state index in [1.165, 1.54) is 18.3 Å². The third kappa shape index (κ3) is 4.46. The van der Waals surface area contributed by atoms with Gasteiger partial charge in [-0.15, -0.1) is 5.10 Å². The molecular weight excluding hydrogens is 361 g/mol.